The third-order valence-corrected chi connectivity index (χ3v) is 5.08. The summed E-state index contributed by atoms with van der Waals surface area (Å²) in [5.74, 6) is -3.62. The highest BCUT2D eigenvalue weighted by Crippen LogP contribution is 2.32. The first-order chi connectivity index (χ1) is 16.0. The van der Waals surface area contributed by atoms with Crippen LogP contribution in [0.25, 0.3) is 0 Å². The molecule has 3 rings (SSSR count). The summed E-state index contributed by atoms with van der Waals surface area (Å²) in [7, 11) is 0. The van der Waals surface area contributed by atoms with Gasteiger partial charge in [0.15, 0.2) is 0 Å². The molecular weight excluding hydrogens is 489 g/mol. The Labute approximate surface area is 195 Å². The Balaban J connectivity index is 2.02. The van der Waals surface area contributed by atoms with Gasteiger partial charge in [0.1, 0.15) is 17.6 Å². The van der Waals surface area contributed by atoms with E-state index in [-0.39, 0.29) is 17.3 Å². The van der Waals surface area contributed by atoms with Gasteiger partial charge in [-0.2, -0.15) is 0 Å². The molecule has 34 heavy (non-hydrogen) atoms. The molecule has 1 saturated heterocycles. The fraction of sp³-hybridized carbons (Fsp3) is 0.381. The summed E-state index contributed by atoms with van der Waals surface area (Å²) in [5.41, 5.74) is -2.89. The van der Waals surface area contributed by atoms with E-state index in [0.29, 0.717) is 31.0 Å². The number of pyridine rings is 1. The number of alkyl halides is 5. The quantitative estimate of drug-likeness (QED) is 0.452. The molecule has 0 saturated carbocycles. The number of nitrogens with one attached hydrogen (secondary N) is 1. The zero-order valence-corrected chi connectivity index (χ0v) is 18.2. The van der Waals surface area contributed by atoms with Crippen molar-refractivity contribution in [2.45, 2.75) is 36.9 Å². The van der Waals surface area contributed by atoms with E-state index in [1.165, 1.54) is 0 Å². The highest BCUT2D eigenvalue weighted by atomic mass is 35.5. The normalized spacial score (nSPS) is 16.4. The number of carbonyl (C=O) groups is 2. The first kappa shape index (κ1) is 25.6. The number of carbonyl (C=O) groups excluding carboxylic acids is 2. The van der Waals surface area contributed by atoms with E-state index in [9.17, 15) is 31.5 Å². The number of benzene rings is 1. The Morgan fingerprint density at radius 3 is 2.38 bits per heavy atom. The molecule has 0 unspecified atom stereocenters. The van der Waals surface area contributed by atoms with Gasteiger partial charge in [-0.15, -0.1) is 13.2 Å². The lowest BCUT2D eigenvalue weighted by Gasteiger charge is -2.33. The minimum Gasteiger partial charge on any atom is -0.406 e. The van der Waals surface area contributed by atoms with Crippen molar-refractivity contribution in [3.63, 3.8) is 0 Å². The molecule has 184 valence electrons. The SMILES string of the molecule is O=C(NC1CCOCC1)[C@@H](c1cncc(F)c1)N(C(=O)[C@H](F)Cl)c1ccc(OC(F)(F)F)cc1. The van der Waals surface area contributed by atoms with Gasteiger partial charge in [-0.3, -0.25) is 19.5 Å². The van der Waals surface area contributed by atoms with Gasteiger partial charge in [-0.1, -0.05) is 11.6 Å². The van der Waals surface area contributed by atoms with E-state index in [2.05, 4.69) is 15.0 Å². The van der Waals surface area contributed by atoms with E-state index >= 15 is 0 Å². The molecule has 0 bridgehead atoms. The highest BCUT2D eigenvalue weighted by Gasteiger charge is 2.37. The molecule has 1 fully saturated rings. The van der Waals surface area contributed by atoms with Crippen LogP contribution >= 0.6 is 11.6 Å². The minimum atomic E-state index is -4.96. The Hall–Kier alpha value is -2.99. The number of rotatable bonds is 7. The topological polar surface area (TPSA) is 80.8 Å². The molecule has 1 aromatic carbocycles. The average molecular weight is 508 g/mol. The molecule has 1 aliphatic rings. The lowest BCUT2D eigenvalue weighted by molar-refractivity contribution is -0.274. The standard InChI is InChI=1S/C21H19ClF5N3O4/c22-18(24)20(32)30(15-1-3-16(4-2-15)34-21(25,26)27)17(12-9-13(23)11-28-10-12)19(31)29-14-5-7-33-8-6-14/h1-4,9-11,14,17-18H,5-8H2,(H,29,31)/t17-,18+/m1/s1. The number of hydrogen-bond donors (Lipinski definition) is 1. The molecule has 1 N–H and O–H groups in total. The summed E-state index contributed by atoms with van der Waals surface area (Å²) >= 11 is 5.38. The first-order valence-corrected chi connectivity index (χ1v) is 10.4. The van der Waals surface area contributed by atoms with Crippen molar-refractivity contribution < 1.29 is 41.0 Å². The summed E-state index contributed by atoms with van der Waals surface area (Å²) in [4.78, 5) is 30.4. The van der Waals surface area contributed by atoms with E-state index in [1.807, 2.05) is 0 Å². The minimum absolute atomic E-state index is 0.106. The van der Waals surface area contributed by atoms with Gasteiger partial charge in [0.25, 0.3) is 11.5 Å². The molecule has 7 nitrogen and oxygen atoms in total. The number of amides is 2. The predicted octanol–water partition coefficient (Wildman–Crippen LogP) is 4.02. The predicted molar refractivity (Wildman–Crippen MR) is 110 cm³/mol. The third kappa shape index (κ3) is 6.76. The van der Waals surface area contributed by atoms with Crippen LogP contribution in [0.5, 0.6) is 5.75 Å². The molecule has 2 aromatic rings. The highest BCUT2D eigenvalue weighted by molar-refractivity contribution is 6.32. The molecule has 2 heterocycles. The van der Waals surface area contributed by atoms with Crippen LogP contribution in [0.2, 0.25) is 0 Å². The van der Waals surface area contributed by atoms with Crippen molar-refractivity contribution in [2.75, 3.05) is 18.1 Å². The maximum atomic E-state index is 14.0. The van der Waals surface area contributed by atoms with Crippen LogP contribution in [0.3, 0.4) is 0 Å². The van der Waals surface area contributed by atoms with Gasteiger partial charge in [-0.05, 0) is 43.2 Å². The maximum Gasteiger partial charge on any atom is 0.573 e. The van der Waals surface area contributed by atoms with Crippen molar-refractivity contribution in [3.8, 4) is 5.75 Å². The number of hydrogen-bond acceptors (Lipinski definition) is 5. The van der Waals surface area contributed by atoms with E-state index in [1.54, 1.807) is 0 Å². The Bertz CT molecular complexity index is 1000. The van der Waals surface area contributed by atoms with Crippen LogP contribution in [-0.2, 0) is 14.3 Å². The molecule has 2 amide bonds. The Morgan fingerprint density at radius 1 is 1.18 bits per heavy atom. The largest absolute Gasteiger partial charge is 0.573 e. The second kappa shape index (κ2) is 11.0. The lowest BCUT2D eigenvalue weighted by Crippen LogP contribution is -2.49. The third-order valence-electron chi connectivity index (χ3n) is 4.89. The van der Waals surface area contributed by atoms with Crippen molar-refractivity contribution in [2.24, 2.45) is 0 Å². The summed E-state index contributed by atoms with van der Waals surface area (Å²) < 4.78 is 74.4. The lowest BCUT2D eigenvalue weighted by atomic mass is 10.0. The molecule has 0 radical (unpaired) electrons. The molecule has 0 spiro atoms. The van der Waals surface area contributed by atoms with Gasteiger partial charge in [-0.25, -0.2) is 8.78 Å². The van der Waals surface area contributed by atoms with E-state index in [0.717, 1.165) is 42.7 Å². The second-order valence-corrected chi connectivity index (χ2v) is 7.67. The fourth-order valence-corrected chi connectivity index (χ4v) is 3.54. The summed E-state index contributed by atoms with van der Waals surface area (Å²) in [5, 5.41) is 2.72. The zero-order chi connectivity index (χ0) is 24.9. The number of ether oxygens (including phenoxy) is 2. The van der Waals surface area contributed by atoms with Crippen molar-refractivity contribution in [3.05, 3.63) is 54.1 Å². The van der Waals surface area contributed by atoms with E-state index < -0.39 is 41.4 Å². The van der Waals surface area contributed by atoms with Gasteiger partial charge in [0, 0.05) is 36.7 Å². The molecule has 1 aliphatic heterocycles. The average Bonchev–Trinajstić information content (AvgIpc) is 2.77. The van der Waals surface area contributed by atoms with Crippen LogP contribution < -0.4 is 15.0 Å². The molecule has 1 aromatic heterocycles. The van der Waals surface area contributed by atoms with Gasteiger partial charge in [0.05, 0.1) is 6.20 Å². The second-order valence-electron chi connectivity index (χ2n) is 7.28. The smallest absolute Gasteiger partial charge is 0.406 e. The molecular formula is C21H19ClF5N3O4. The van der Waals surface area contributed by atoms with Crippen LogP contribution in [0.1, 0.15) is 24.4 Å². The molecule has 0 aliphatic carbocycles. The number of nitrogens with zero attached hydrogens (tertiary/aromatic N) is 2. The Morgan fingerprint density at radius 2 is 1.82 bits per heavy atom. The number of aromatic nitrogens is 1. The zero-order valence-electron chi connectivity index (χ0n) is 17.4. The summed E-state index contributed by atoms with van der Waals surface area (Å²) in [6, 6.07) is 2.75. The van der Waals surface area contributed by atoms with Crippen LogP contribution in [0.4, 0.5) is 27.6 Å². The fourth-order valence-electron chi connectivity index (χ4n) is 3.43. The number of anilines is 1. The van der Waals surface area contributed by atoms with Crippen LogP contribution in [0, 0.1) is 5.82 Å². The summed E-state index contributed by atoms with van der Waals surface area (Å²) in [6.45, 7) is 0.767. The Kier molecular flexibility index (Phi) is 8.26. The van der Waals surface area contributed by atoms with Crippen molar-refractivity contribution in [1.82, 2.24) is 10.3 Å². The van der Waals surface area contributed by atoms with Gasteiger partial charge in [0.2, 0.25) is 5.91 Å². The van der Waals surface area contributed by atoms with Gasteiger partial charge < -0.3 is 14.8 Å². The first-order valence-electron chi connectivity index (χ1n) is 10.0. The summed E-state index contributed by atoms with van der Waals surface area (Å²) in [6.07, 6.45) is -2.04. The molecule has 2 atom stereocenters. The van der Waals surface area contributed by atoms with E-state index in [4.69, 9.17) is 16.3 Å². The van der Waals surface area contributed by atoms with Crippen molar-refractivity contribution in [1.29, 1.82) is 0 Å². The maximum absolute atomic E-state index is 14.0. The number of halogens is 6. The molecule has 13 heteroatoms. The van der Waals surface area contributed by atoms with Crippen LogP contribution in [-0.4, -0.2) is 48.0 Å². The van der Waals surface area contributed by atoms with Crippen LogP contribution in [0.15, 0.2) is 42.7 Å². The van der Waals surface area contributed by atoms with Gasteiger partial charge >= 0.3 is 6.36 Å². The monoisotopic (exact) mass is 507 g/mol. The van der Waals surface area contributed by atoms with Crippen molar-refractivity contribution >= 4 is 29.1 Å².